The van der Waals surface area contributed by atoms with Crippen LogP contribution in [0.4, 0.5) is 0 Å². The van der Waals surface area contributed by atoms with Crippen LogP contribution in [-0.2, 0) is 20.5 Å². The van der Waals surface area contributed by atoms with Crippen LogP contribution in [0, 0.1) is 0 Å². The first kappa shape index (κ1) is 12.3. The highest BCUT2D eigenvalue weighted by Gasteiger charge is 2.12. The molecule has 0 saturated heterocycles. The van der Waals surface area contributed by atoms with E-state index in [1.807, 2.05) is 19.9 Å². The summed E-state index contributed by atoms with van der Waals surface area (Å²) in [6, 6.07) is 0. The van der Waals surface area contributed by atoms with Crippen LogP contribution in [0.1, 0.15) is 19.7 Å². The summed E-state index contributed by atoms with van der Waals surface area (Å²) in [7, 11) is 3.07. The summed E-state index contributed by atoms with van der Waals surface area (Å²) < 4.78 is 2.45. The van der Waals surface area contributed by atoms with Crippen molar-refractivity contribution in [2.24, 2.45) is 14.1 Å². The summed E-state index contributed by atoms with van der Waals surface area (Å²) in [6.45, 7) is 3.99. The van der Waals surface area contributed by atoms with Crippen LogP contribution in [-0.4, -0.2) is 19.1 Å². The van der Waals surface area contributed by atoms with E-state index >= 15 is 0 Å². The first-order chi connectivity index (χ1) is 8.41. The van der Waals surface area contributed by atoms with Crippen LogP contribution in [0.5, 0.6) is 0 Å². The van der Waals surface area contributed by atoms with Crippen LogP contribution in [0.25, 0.3) is 11.2 Å². The highest BCUT2D eigenvalue weighted by Crippen LogP contribution is 2.06. The SMILES string of the molecule is CC(C)=CCc1nc2c([nH]1)c(=O)n(C)c(=O)n2C. The molecule has 1 N–H and O–H groups in total. The second-order valence-corrected chi connectivity index (χ2v) is 4.57. The molecule has 96 valence electrons. The molecule has 6 heteroatoms. The highest BCUT2D eigenvalue weighted by atomic mass is 16.2. The number of imidazole rings is 1. The lowest BCUT2D eigenvalue weighted by Gasteiger charge is -2.00. The molecule has 0 amide bonds. The van der Waals surface area contributed by atoms with Gasteiger partial charge < -0.3 is 4.98 Å². The zero-order valence-electron chi connectivity index (χ0n) is 10.9. The predicted molar refractivity (Wildman–Crippen MR) is 69.7 cm³/mol. The summed E-state index contributed by atoms with van der Waals surface area (Å²) in [5.74, 6) is 0.685. The van der Waals surface area contributed by atoms with E-state index < -0.39 is 0 Å². The molecule has 0 aliphatic carbocycles. The number of aromatic amines is 1. The minimum Gasteiger partial charge on any atom is -0.336 e. The summed E-state index contributed by atoms with van der Waals surface area (Å²) in [4.78, 5) is 30.9. The number of hydrogen-bond donors (Lipinski definition) is 1. The number of rotatable bonds is 2. The molecular weight excluding hydrogens is 232 g/mol. The van der Waals surface area contributed by atoms with E-state index in [0.29, 0.717) is 23.4 Å². The number of nitrogens with zero attached hydrogens (tertiary/aromatic N) is 3. The lowest BCUT2D eigenvalue weighted by atomic mass is 10.2. The number of aryl methyl sites for hydroxylation is 1. The Hall–Kier alpha value is -2.11. The van der Waals surface area contributed by atoms with E-state index in [-0.39, 0.29) is 11.2 Å². The third kappa shape index (κ3) is 1.90. The first-order valence-corrected chi connectivity index (χ1v) is 5.69. The summed E-state index contributed by atoms with van der Waals surface area (Å²) in [5, 5.41) is 0. The van der Waals surface area contributed by atoms with Gasteiger partial charge in [0.25, 0.3) is 5.56 Å². The molecule has 0 unspecified atom stereocenters. The molecule has 2 rings (SSSR count). The maximum atomic E-state index is 11.9. The molecular formula is C12H16N4O2. The van der Waals surface area contributed by atoms with Crippen molar-refractivity contribution in [1.82, 2.24) is 19.1 Å². The first-order valence-electron chi connectivity index (χ1n) is 5.69. The van der Waals surface area contributed by atoms with Gasteiger partial charge in [-0.3, -0.25) is 13.9 Å². The molecule has 0 bridgehead atoms. The van der Waals surface area contributed by atoms with Crippen molar-refractivity contribution in [2.45, 2.75) is 20.3 Å². The van der Waals surface area contributed by atoms with Gasteiger partial charge in [0.15, 0.2) is 5.65 Å². The van der Waals surface area contributed by atoms with Gasteiger partial charge in [-0.1, -0.05) is 11.6 Å². The van der Waals surface area contributed by atoms with Crippen molar-refractivity contribution in [2.75, 3.05) is 0 Å². The largest absolute Gasteiger partial charge is 0.336 e. The van der Waals surface area contributed by atoms with Crippen LogP contribution in [0.3, 0.4) is 0 Å². The fourth-order valence-corrected chi connectivity index (χ4v) is 1.77. The van der Waals surface area contributed by atoms with Crippen molar-refractivity contribution in [3.8, 4) is 0 Å². The number of allylic oxidation sites excluding steroid dienone is 2. The van der Waals surface area contributed by atoms with Gasteiger partial charge in [-0.05, 0) is 13.8 Å². The lowest BCUT2D eigenvalue weighted by molar-refractivity contribution is 0.708. The zero-order valence-corrected chi connectivity index (χ0v) is 10.9. The number of hydrogen-bond acceptors (Lipinski definition) is 3. The summed E-state index contributed by atoms with van der Waals surface area (Å²) >= 11 is 0. The number of H-pyrrole nitrogens is 1. The third-order valence-electron chi connectivity index (χ3n) is 2.85. The van der Waals surface area contributed by atoms with Gasteiger partial charge in [0, 0.05) is 20.5 Å². The molecule has 0 atom stereocenters. The average molecular weight is 248 g/mol. The normalized spacial score (nSPS) is 10.9. The van der Waals surface area contributed by atoms with E-state index in [2.05, 4.69) is 9.97 Å². The van der Waals surface area contributed by atoms with E-state index in [1.54, 1.807) is 7.05 Å². The molecule has 0 fully saturated rings. The van der Waals surface area contributed by atoms with Crippen LogP contribution < -0.4 is 11.2 Å². The summed E-state index contributed by atoms with van der Waals surface area (Å²) in [6.07, 6.45) is 2.63. The smallest absolute Gasteiger partial charge is 0.332 e. The molecule has 6 nitrogen and oxygen atoms in total. The molecule has 0 radical (unpaired) electrons. The maximum Gasteiger partial charge on any atom is 0.332 e. The Morgan fingerprint density at radius 3 is 2.56 bits per heavy atom. The van der Waals surface area contributed by atoms with E-state index in [1.165, 1.54) is 17.2 Å². The Morgan fingerprint density at radius 1 is 1.28 bits per heavy atom. The molecule has 2 aromatic heterocycles. The Morgan fingerprint density at radius 2 is 1.94 bits per heavy atom. The van der Waals surface area contributed by atoms with Gasteiger partial charge in [0.2, 0.25) is 0 Å². The van der Waals surface area contributed by atoms with Gasteiger partial charge in [-0.2, -0.15) is 0 Å². The maximum absolute atomic E-state index is 11.9. The number of nitrogens with one attached hydrogen (secondary N) is 1. The number of fused-ring (bicyclic) bond motifs is 1. The topological polar surface area (TPSA) is 72.7 Å². The molecule has 0 spiro atoms. The van der Waals surface area contributed by atoms with Crippen molar-refractivity contribution in [3.05, 3.63) is 38.3 Å². The molecule has 0 aliphatic rings. The molecule has 2 heterocycles. The van der Waals surface area contributed by atoms with E-state index in [0.717, 1.165) is 4.57 Å². The Balaban J connectivity index is 2.69. The minimum absolute atomic E-state index is 0.343. The Bertz CT molecular complexity index is 742. The summed E-state index contributed by atoms with van der Waals surface area (Å²) in [5.41, 5.74) is 1.24. The van der Waals surface area contributed by atoms with Gasteiger partial charge >= 0.3 is 5.69 Å². The second kappa shape index (κ2) is 4.29. The predicted octanol–water partition coefficient (Wildman–Crippen LogP) is 0.469. The van der Waals surface area contributed by atoms with Gasteiger partial charge in [-0.25, -0.2) is 9.78 Å². The van der Waals surface area contributed by atoms with Crippen LogP contribution in [0.2, 0.25) is 0 Å². The van der Waals surface area contributed by atoms with Gasteiger partial charge in [0.05, 0.1) is 0 Å². The van der Waals surface area contributed by atoms with Crippen molar-refractivity contribution >= 4 is 11.2 Å². The molecule has 2 aromatic rings. The number of aromatic nitrogens is 4. The second-order valence-electron chi connectivity index (χ2n) is 4.57. The van der Waals surface area contributed by atoms with Crippen LogP contribution >= 0.6 is 0 Å². The Kier molecular flexibility index (Phi) is 2.94. The standard InChI is InChI=1S/C12H16N4O2/c1-7(2)5-6-8-13-9-10(14-8)15(3)12(18)16(4)11(9)17/h5H,6H2,1-4H3,(H,13,14). The van der Waals surface area contributed by atoms with Crippen molar-refractivity contribution in [3.63, 3.8) is 0 Å². The zero-order chi connectivity index (χ0) is 13.4. The molecule has 0 aromatic carbocycles. The van der Waals surface area contributed by atoms with E-state index in [4.69, 9.17) is 0 Å². The third-order valence-corrected chi connectivity index (χ3v) is 2.85. The minimum atomic E-state index is -0.368. The quantitative estimate of drug-likeness (QED) is 0.785. The lowest BCUT2D eigenvalue weighted by Crippen LogP contribution is -2.36. The Labute approximate surface area is 104 Å². The molecule has 0 saturated carbocycles. The van der Waals surface area contributed by atoms with Gasteiger partial charge in [-0.15, -0.1) is 0 Å². The molecule has 18 heavy (non-hydrogen) atoms. The fraction of sp³-hybridized carbons (Fsp3) is 0.417. The van der Waals surface area contributed by atoms with Crippen LogP contribution in [0.15, 0.2) is 21.2 Å². The fourth-order valence-electron chi connectivity index (χ4n) is 1.77. The monoisotopic (exact) mass is 248 g/mol. The highest BCUT2D eigenvalue weighted by molar-refractivity contribution is 5.69. The van der Waals surface area contributed by atoms with Crippen molar-refractivity contribution in [1.29, 1.82) is 0 Å². The van der Waals surface area contributed by atoms with Crippen molar-refractivity contribution < 1.29 is 0 Å². The van der Waals surface area contributed by atoms with E-state index in [9.17, 15) is 9.59 Å². The molecule has 0 aliphatic heterocycles. The van der Waals surface area contributed by atoms with Gasteiger partial charge in [0.1, 0.15) is 11.3 Å². The average Bonchev–Trinajstić information content (AvgIpc) is 2.75.